The Hall–Kier alpha value is -2.61. The molecule has 0 spiro atoms. The molecule has 152 valence electrons. The van der Waals surface area contributed by atoms with E-state index < -0.39 is 12.1 Å². The van der Waals surface area contributed by atoms with Crippen LogP contribution >= 0.6 is 0 Å². The predicted octanol–water partition coefficient (Wildman–Crippen LogP) is 2.59. The van der Waals surface area contributed by atoms with Gasteiger partial charge >= 0.3 is 0 Å². The summed E-state index contributed by atoms with van der Waals surface area (Å²) in [5.74, 6) is 2.58. The van der Waals surface area contributed by atoms with E-state index in [0.717, 1.165) is 43.0 Å². The monoisotopic (exact) mass is 388 g/mol. The molecule has 0 bridgehead atoms. The molecule has 2 aromatic rings. The summed E-state index contributed by atoms with van der Waals surface area (Å²) in [5, 5.41) is 7.66. The number of carbonyl (C=O) groups is 1. The summed E-state index contributed by atoms with van der Waals surface area (Å²) in [4.78, 5) is 16.8. The highest BCUT2D eigenvalue weighted by molar-refractivity contribution is 5.78. The summed E-state index contributed by atoms with van der Waals surface area (Å²) in [5.41, 5.74) is 0.860. The highest BCUT2D eigenvalue weighted by Crippen LogP contribution is 2.37. The highest BCUT2D eigenvalue weighted by Gasteiger charge is 2.36. The lowest BCUT2D eigenvalue weighted by molar-refractivity contribution is -0.138. The van der Waals surface area contributed by atoms with Gasteiger partial charge < -0.3 is 19.5 Å². The average molecular weight is 388 g/mol. The Kier molecular flexibility index (Phi) is 6.51. The van der Waals surface area contributed by atoms with Crippen LogP contribution in [0.25, 0.3) is 0 Å². The Balaban J connectivity index is 2.00. The van der Waals surface area contributed by atoms with Crippen LogP contribution in [-0.2, 0) is 22.5 Å². The number of morpholine rings is 1. The van der Waals surface area contributed by atoms with Gasteiger partial charge in [0.15, 0.2) is 23.1 Å². The van der Waals surface area contributed by atoms with Crippen molar-refractivity contribution in [2.75, 3.05) is 20.8 Å². The van der Waals surface area contributed by atoms with E-state index >= 15 is 0 Å². The van der Waals surface area contributed by atoms with E-state index in [1.807, 2.05) is 29.8 Å². The summed E-state index contributed by atoms with van der Waals surface area (Å²) in [6.07, 6.45) is 2.37. The molecule has 1 amide bonds. The summed E-state index contributed by atoms with van der Waals surface area (Å²) >= 11 is 0. The smallest absolute Gasteiger partial charge is 0.246 e. The number of carbonyl (C=O) groups excluding carboxylic acids is 1. The molecule has 1 aliphatic rings. The van der Waals surface area contributed by atoms with Gasteiger partial charge in [0, 0.05) is 13.0 Å². The molecule has 1 saturated heterocycles. The van der Waals surface area contributed by atoms with Crippen LogP contribution in [0, 0.1) is 0 Å². The predicted molar refractivity (Wildman–Crippen MR) is 103 cm³/mol. The molecule has 1 aliphatic heterocycles. The zero-order valence-corrected chi connectivity index (χ0v) is 16.9. The molecule has 28 heavy (non-hydrogen) atoms. The highest BCUT2D eigenvalue weighted by atomic mass is 16.5. The first-order valence-corrected chi connectivity index (χ1v) is 9.67. The van der Waals surface area contributed by atoms with Gasteiger partial charge in [-0.3, -0.25) is 4.79 Å². The number of nitrogens with zero attached hydrogens (tertiary/aromatic N) is 3. The van der Waals surface area contributed by atoms with Gasteiger partial charge in [0.05, 0.1) is 20.3 Å². The molecular formula is C20H28N4O4. The number of aromatic nitrogens is 3. The zero-order valence-electron chi connectivity index (χ0n) is 16.9. The van der Waals surface area contributed by atoms with Crippen molar-refractivity contribution < 1.29 is 19.0 Å². The Morgan fingerprint density at radius 1 is 1.25 bits per heavy atom. The van der Waals surface area contributed by atoms with Crippen LogP contribution in [0.1, 0.15) is 56.0 Å². The van der Waals surface area contributed by atoms with Crippen LogP contribution in [0.5, 0.6) is 11.5 Å². The number of ether oxygens (including phenoxy) is 3. The molecule has 2 heterocycles. The molecular weight excluding hydrogens is 360 g/mol. The molecule has 2 atom stereocenters. The number of rotatable bonds is 8. The molecule has 1 fully saturated rings. The summed E-state index contributed by atoms with van der Waals surface area (Å²) in [6, 6.07) is 5.20. The standard InChI is InChI=1S/C20H28N4O4/c1-5-7-10-24-20(21-16(6-2)23-24)19-18(22-17(25)12-28-19)13-8-9-14(26-3)15(11-13)27-4/h8-9,11,18-19H,5-7,10,12H2,1-4H3,(H,22,25)/t18-,19+/m1/s1. The Bertz CT molecular complexity index is 821. The van der Waals surface area contributed by atoms with E-state index in [0.29, 0.717) is 11.5 Å². The number of unbranched alkanes of at least 4 members (excludes halogenated alkanes) is 1. The molecule has 0 saturated carbocycles. The van der Waals surface area contributed by atoms with Crippen molar-refractivity contribution in [3.8, 4) is 11.5 Å². The first-order valence-electron chi connectivity index (χ1n) is 9.67. The zero-order chi connectivity index (χ0) is 20.1. The maximum absolute atomic E-state index is 12.1. The van der Waals surface area contributed by atoms with Gasteiger partial charge in [-0.1, -0.05) is 26.3 Å². The average Bonchev–Trinajstić information content (AvgIpc) is 3.14. The largest absolute Gasteiger partial charge is 0.493 e. The molecule has 1 aromatic heterocycles. The third kappa shape index (κ3) is 4.11. The molecule has 1 aromatic carbocycles. The number of benzene rings is 1. The van der Waals surface area contributed by atoms with Gasteiger partial charge in [0.2, 0.25) is 5.91 Å². The van der Waals surface area contributed by atoms with Gasteiger partial charge in [-0.05, 0) is 24.1 Å². The van der Waals surface area contributed by atoms with Crippen LogP contribution in [0.3, 0.4) is 0 Å². The number of nitrogens with one attached hydrogen (secondary N) is 1. The van der Waals surface area contributed by atoms with Crippen LogP contribution in [-0.4, -0.2) is 41.5 Å². The molecule has 0 aliphatic carbocycles. The van der Waals surface area contributed by atoms with Crippen molar-refractivity contribution in [3.63, 3.8) is 0 Å². The van der Waals surface area contributed by atoms with Gasteiger partial charge in [-0.15, -0.1) is 0 Å². The van der Waals surface area contributed by atoms with Crippen molar-refractivity contribution in [1.29, 1.82) is 0 Å². The van der Waals surface area contributed by atoms with Crippen LogP contribution in [0.4, 0.5) is 0 Å². The van der Waals surface area contributed by atoms with Gasteiger partial charge in [-0.2, -0.15) is 5.10 Å². The lowest BCUT2D eigenvalue weighted by Gasteiger charge is -2.32. The molecule has 0 unspecified atom stereocenters. The SMILES string of the molecule is CCCCn1nc(CC)nc1[C@H]1OCC(=O)N[C@@H]1c1ccc(OC)c(OC)c1. The fraction of sp³-hybridized carbons (Fsp3) is 0.550. The van der Waals surface area contributed by atoms with E-state index in [2.05, 4.69) is 17.3 Å². The molecule has 1 N–H and O–H groups in total. The van der Waals surface area contributed by atoms with Crippen molar-refractivity contribution in [1.82, 2.24) is 20.1 Å². The van der Waals surface area contributed by atoms with Crippen LogP contribution in [0.2, 0.25) is 0 Å². The van der Waals surface area contributed by atoms with Crippen molar-refractivity contribution >= 4 is 5.91 Å². The van der Waals surface area contributed by atoms with Crippen molar-refractivity contribution in [2.45, 2.75) is 51.8 Å². The maximum atomic E-state index is 12.1. The second-order valence-corrected chi connectivity index (χ2v) is 6.71. The Morgan fingerprint density at radius 2 is 2.04 bits per heavy atom. The number of amides is 1. The van der Waals surface area contributed by atoms with E-state index in [1.165, 1.54) is 0 Å². The quantitative estimate of drug-likeness (QED) is 0.748. The van der Waals surface area contributed by atoms with Crippen molar-refractivity contribution in [3.05, 3.63) is 35.4 Å². The number of hydrogen-bond donors (Lipinski definition) is 1. The van der Waals surface area contributed by atoms with Crippen LogP contribution in [0.15, 0.2) is 18.2 Å². The fourth-order valence-electron chi connectivity index (χ4n) is 3.32. The normalized spacial score (nSPS) is 19.4. The maximum Gasteiger partial charge on any atom is 0.246 e. The summed E-state index contributed by atoms with van der Waals surface area (Å²) in [6.45, 7) is 4.93. The minimum atomic E-state index is -0.430. The topological polar surface area (TPSA) is 87.5 Å². The molecule has 3 rings (SSSR count). The summed E-state index contributed by atoms with van der Waals surface area (Å²) < 4.78 is 18.6. The van der Waals surface area contributed by atoms with Crippen molar-refractivity contribution in [2.24, 2.45) is 0 Å². The number of aryl methyl sites for hydroxylation is 2. The third-order valence-electron chi connectivity index (χ3n) is 4.82. The van der Waals surface area contributed by atoms with Crippen LogP contribution < -0.4 is 14.8 Å². The van der Waals surface area contributed by atoms with Gasteiger partial charge in [0.1, 0.15) is 12.7 Å². The lowest BCUT2D eigenvalue weighted by atomic mass is 9.98. The van der Waals surface area contributed by atoms with Gasteiger partial charge in [-0.25, -0.2) is 9.67 Å². The molecule has 8 heteroatoms. The Labute approximate surface area is 165 Å². The summed E-state index contributed by atoms with van der Waals surface area (Å²) in [7, 11) is 3.18. The van der Waals surface area contributed by atoms with Gasteiger partial charge in [0.25, 0.3) is 0 Å². The van der Waals surface area contributed by atoms with E-state index in [-0.39, 0.29) is 12.5 Å². The molecule has 0 radical (unpaired) electrons. The Morgan fingerprint density at radius 3 is 2.71 bits per heavy atom. The van der Waals surface area contributed by atoms with E-state index in [4.69, 9.17) is 19.2 Å². The lowest BCUT2D eigenvalue weighted by Crippen LogP contribution is -2.42. The second kappa shape index (κ2) is 9.05. The second-order valence-electron chi connectivity index (χ2n) is 6.71. The number of hydrogen-bond acceptors (Lipinski definition) is 6. The first kappa shape index (κ1) is 20.1. The minimum Gasteiger partial charge on any atom is -0.493 e. The minimum absolute atomic E-state index is 0.00342. The molecule has 8 nitrogen and oxygen atoms in total. The fourth-order valence-corrected chi connectivity index (χ4v) is 3.32. The third-order valence-corrected chi connectivity index (χ3v) is 4.82. The first-order chi connectivity index (χ1) is 13.6. The van der Waals surface area contributed by atoms with E-state index in [1.54, 1.807) is 14.2 Å². The number of methoxy groups -OCH3 is 2. The van der Waals surface area contributed by atoms with E-state index in [9.17, 15) is 4.79 Å².